The third-order valence-corrected chi connectivity index (χ3v) is 18.9. The summed E-state index contributed by atoms with van der Waals surface area (Å²) in [5.74, 6) is 0. The van der Waals surface area contributed by atoms with Gasteiger partial charge in [-0.25, -0.2) is 0 Å². The van der Waals surface area contributed by atoms with Crippen LogP contribution in [-0.4, -0.2) is 20.1 Å². The lowest BCUT2D eigenvalue weighted by Crippen LogP contribution is -2.68. The minimum atomic E-state index is -0.0782. The smallest absolute Gasteiger partial charge is 0.252 e. The third-order valence-electron chi connectivity index (χ3n) is 17.8. The van der Waals surface area contributed by atoms with Crippen LogP contribution in [0.2, 0.25) is 0 Å². The van der Waals surface area contributed by atoms with Crippen molar-refractivity contribution in [1.29, 1.82) is 0 Å². The molecule has 0 unspecified atom stereocenters. The van der Waals surface area contributed by atoms with Crippen molar-refractivity contribution in [3.05, 3.63) is 279 Å². The van der Waals surface area contributed by atoms with E-state index in [0.717, 1.165) is 34.1 Å². The van der Waals surface area contributed by atoms with Crippen molar-refractivity contribution < 1.29 is 0 Å². The monoisotopic (exact) mass is 1050 g/mol. The normalized spacial score (nSPS) is 14.0. The molecule has 18 rings (SSSR count). The van der Waals surface area contributed by atoms with Crippen molar-refractivity contribution in [2.24, 2.45) is 0 Å². The van der Waals surface area contributed by atoms with Crippen LogP contribution >= 0.6 is 11.8 Å². The van der Waals surface area contributed by atoms with E-state index in [1.807, 2.05) is 11.8 Å². The molecule has 6 aliphatic heterocycles. The van der Waals surface area contributed by atoms with E-state index in [4.69, 9.17) is 0 Å². The average molecular weight is 1050 g/mol. The fourth-order valence-electron chi connectivity index (χ4n) is 14.7. The molecule has 9 heteroatoms. The molecular weight excluding hydrogens is 999 g/mol. The molecule has 0 N–H and O–H groups in total. The summed E-state index contributed by atoms with van der Waals surface area (Å²) in [6, 6.07) is 104. The molecule has 12 aromatic carbocycles. The van der Waals surface area contributed by atoms with Gasteiger partial charge in [-0.3, -0.25) is 0 Å². The second-order valence-electron chi connectivity index (χ2n) is 21.9. The maximum absolute atomic E-state index is 2.63. The summed E-state index contributed by atoms with van der Waals surface area (Å²) in [4.78, 5) is 15.3. The zero-order valence-electron chi connectivity index (χ0n) is 43.9. The molecule has 0 amide bonds. The number of benzene rings is 12. The summed E-state index contributed by atoms with van der Waals surface area (Å²) in [6.07, 6.45) is 0. The van der Waals surface area contributed by atoms with Crippen LogP contribution in [0.25, 0.3) is 0 Å². The molecule has 0 fully saturated rings. The van der Waals surface area contributed by atoms with E-state index >= 15 is 0 Å². The van der Waals surface area contributed by atoms with Crippen LogP contribution in [0.1, 0.15) is 0 Å². The Morgan fingerprint density at radius 3 is 1.09 bits per heavy atom. The summed E-state index contributed by atoms with van der Waals surface area (Å²) < 4.78 is 0. The Bertz CT molecular complexity index is 4520. The first-order valence-electron chi connectivity index (χ1n) is 28.1. The van der Waals surface area contributed by atoms with E-state index in [0.29, 0.717) is 0 Å². The molecule has 374 valence electrons. The van der Waals surface area contributed by atoms with Crippen molar-refractivity contribution in [2.45, 2.75) is 9.79 Å². The van der Waals surface area contributed by atoms with E-state index < -0.39 is 0 Å². The number of para-hydroxylation sites is 9. The highest BCUT2D eigenvalue weighted by Crippen LogP contribution is 2.51. The number of hydrogen-bond donors (Lipinski definition) is 0. The Balaban J connectivity index is 0.933. The van der Waals surface area contributed by atoms with Gasteiger partial charge >= 0.3 is 0 Å². The Kier molecular flexibility index (Phi) is 9.65. The van der Waals surface area contributed by atoms with E-state index in [1.165, 1.54) is 110 Å². The van der Waals surface area contributed by atoms with Crippen molar-refractivity contribution in [3.8, 4) is 0 Å². The van der Waals surface area contributed by atoms with Crippen molar-refractivity contribution in [3.63, 3.8) is 0 Å². The maximum Gasteiger partial charge on any atom is 0.252 e. The van der Waals surface area contributed by atoms with Crippen molar-refractivity contribution >= 4 is 166 Å². The number of anilines is 15. The SMILES string of the molecule is c1ccc(N(c2ccccc2)c2cc3c4c(c2)N(c2ccccc2)c2cc5c(cc2B4c2ccccc2N3c2ccccc2)Sc2cc3c4c6c2B5c2ccccc2N6c2ccccc2B4c2ccccc2N3c2ccccc2)cc1. The number of rotatable bonds is 6. The molecule has 0 radical (unpaired) electrons. The summed E-state index contributed by atoms with van der Waals surface area (Å²) in [5, 5.41) is 0. The molecule has 0 aromatic heterocycles. The van der Waals surface area contributed by atoms with Gasteiger partial charge in [0.2, 0.25) is 6.71 Å². The quantitative estimate of drug-likeness (QED) is 0.153. The molecule has 5 nitrogen and oxygen atoms in total. The summed E-state index contributed by atoms with van der Waals surface area (Å²) in [7, 11) is 0. The zero-order valence-corrected chi connectivity index (χ0v) is 44.8. The van der Waals surface area contributed by atoms with Gasteiger partial charge < -0.3 is 24.5 Å². The molecular formula is C72H46B3N5S. The molecule has 0 bridgehead atoms. The second kappa shape index (κ2) is 17.3. The molecule has 0 spiro atoms. The Hall–Kier alpha value is -9.82. The van der Waals surface area contributed by atoms with Crippen LogP contribution in [0.3, 0.4) is 0 Å². The van der Waals surface area contributed by atoms with Crippen LogP contribution in [0.4, 0.5) is 85.3 Å². The number of fused-ring (bicyclic) bond motifs is 14. The summed E-state index contributed by atoms with van der Waals surface area (Å²) in [5.41, 5.74) is 29.7. The molecule has 0 saturated heterocycles. The van der Waals surface area contributed by atoms with E-state index in [1.54, 1.807) is 0 Å². The molecule has 6 aliphatic rings. The number of hydrogen-bond acceptors (Lipinski definition) is 6. The van der Waals surface area contributed by atoms with Crippen LogP contribution in [0.15, 0.2) is 289 Å². The summed E-state index contributed by atoms with van der Waals surface area (Å²) in [6.45, 7) is -0.0701. The molecule has 0 aliphatic carbocycles. The molecule has 0 saturated carbocycles. The predicted molar refractivity (Wildman–Crippen MR) is 344 cm³/mol. The van der Waals surface area contributed by atoms with Gasteiger partial charge in [0, 0.05) is 89.4 Å². The minimum Gasteiger partial charge on any atom is -0.312 e. The van der Waals surface area contributed by atoms with Gasteiger partial charge in [-0.1, -0.05) is 187 Å². The van der Waals surface area contributed by atoms with Crippen LogP contribution in [-0.2, 0) is 0 Å². The lowest BCUT2D eigenvalue weighted by Gasteiger charge is -2.49. The Morgan fingerprint density at radius 1 is 0.247 bits per heavy atom. The van der Waals surface area contributed by atoms with Crippen LogP contribution in [0.5, 0.6) is 0 Å². The van der Waals surface area contributed by atoms with Crippen molar-refractivity contribution in [1.82, 2.24) is 0 Å². The summed E-state index contributed by atoms with van der Waals surface area (Å²) >= 11 is 1.96. The standard InChI is InChI=1S/C72H46B3N5S/c1-6-24-47(25-7-1)76(48-26-8-2-9-27-48)52-42-64-69-65(43-52)79(51-32-14-5-15-33-51)63-44-58-67(45-57(63)74(69)54-35-17-21-39-60(54)77(64)49-28-10-3-11-29-49)81-68-46-66-70-72-71(68)75(58)56-37-19-23-41-62(56)80(72)61-40-22-18-36-55(61)73(70)53-34-16-20-38-59(53)78(66)50-30-12-4-13-31-50/h1-46H. The van der Waals surface area contributed by atoms with E-state index in [9.17, 15) is 0 Å². The molecule has 12 aromatic rings. The fraction of sp³-hybridized carbons (Fsp3) is 0. The second-order valence-corrected chi connectivity index (χ2v) is 23.0. The minimum absolute atomic E-state index is 0.0395. The highest BCUT2D eigenvalue weighted by molar-refractivity contribution is 8.00. The van der Waals surface area contributed by atoms with Crippen molar-refractivity contribution in [2.75, 3.05) is 24.5 Å². The largest absolute Gasteiger partial charge is 0.312 e. The van der Waals surface area contributed by atoms with E-state index in [-0.39, 0.29) is 20.1 Å². The lowest BCUT2D eigenvalue weighted by molar-refractivity contribution is 1.22. The van der Waals surface area contributed by atoms with Gasteiger partial charge in [-0.2, -0.15) is 0 Å². The molecule has 81 heavy (non-hydrogen) atoms. The Morgan fingerprint density at radius 2 is 0.617 bits per heavy atom. The van der Waals surface area contributed by atoms with Gasteiger partial charge in [-0.05, 0) is 153 Å². The lowest BCUT2D eigenvalue weighted by atomic mass is 9.29. The van der Waals surface area contributed by atoms with Gasteiger partial charge in [-0.15, -0.1) is 0 Å². The fourth-order valence-corrected chi connectivity index (χ4v) is 15.9. The first-order valence-corrected chi connectivity index (χ1v) is 28.9. The average Bonchev–Trinajstić information content (AvgIpc) is 1.65. The highest BCUT2D eigenvalue weighted by atomic mass is 32.2. The van der Waals surface area contributed by atoms with Gasteiger partial charge in [0.25, 0.3) is 13.4 Å². The maximum atomic E-state index is 2.63. The zero-order chi connectivity index (χ0) is 52.9. The first-order chi connectivity index (χ1) is 40.2. The molecule has 6 heterocycles. The Labute approximate surface area is 476 Å². The predicted octanol–water partition coefficient (Wildman–Crippen LogP) is 12.6. The van der Waals surface area contributed by atoms with Crippen LogP contribution < -0.4 is 73.7 Å². The van der Waals surface area contributed by atoms with Gasteiger partial charge in [0.1, 0.15) is 0 Å². The highest BCUT2D eigenvalue weighted by Gasteiger charge is 2.52. The van der Waals surface area contributed by atoms with Gasteiger partial charge in [0.15, 0.2) is 0 Å². The van der Waals surface area contributed by atoms with Crippen LogP contribution in [0, 0.1) is 0 Å². The topological polar surface area (TPSA) is 16.2 Å². The first kappa shape index (κ1) is 45.1. The van der Waals surface area contributed by atoms with Gasteiger partial charge in [0.05, 0.1) is 5.69 Å². The van der Waals surface area contributed by atoms with E-state index in [2.05, 4.69) is 304 Å². The third kappa shape index (κ3) is 6.38. The number of nitrogens with zero attached hydrogens (tertiary/aromatic N) is 5. The molecule has 0 atom stereocenters.